The van der Waals surface area contributed by atoms with E-state index in [1.54, 1.807) is 0 Å². The minimum Gasteiger partial charge on any atom is -0.509 e. The van der Waals surface area contributed by atoms with Crippen molar-refractivity contribution in [1.29, 1.82) is 0 Å². The number of hydrogen-bond donors (Lipinski definition) is 0. The Kier molecular flexibility index (Phi) is 10.8. The average molecular weight is 1100 g/mol. The van der Waals surface area contributed by atoms with E-state index in [0.29, 0.717) is 11.5 Å². The first-order valence-corrected chi connectivity index (χ1v) is 24.8. The van der Waals surface area contributed by atoms with Crippen molar-refractivity contribution in [2.75, 3.05) is 16.8 Å². The Morgan fingerprint density at radius 3 is 1.74 bits per heavy atom. The fourth-order valence-electron chi connectivity index (χ4n) is 11.5. The van der Waals surface area contributed by atoms with Gasteiger partial charge < -0.3 is 19.1 Å². The molecular weight excluding hydrogens is 1040 g/mol. The molecular formula is C64H67N4OPt-3. The summed E-state index contributed by atoms with van der Waals surface area (Å²) in [7, 11) is 2.17. The molecule has 0 atom stereocenters. The molecule has 6 aromatic carbocycles. The van der Waals surface area contributed by atoms with Crippen LogP contribution < -0.4 is 14.5 Å². The van der Waals surface area contributed by atoms with Crippen LogP contribution in [-0.2, 0) is 53.6 Å². The predicted molar refractivity (Wildman–Crippen MR) is 288 cm³/mol. The van der Waals surface area contributed by atoms with Gasteiger partial charge in [0, 0.05) is 61.1 Å². The molecule has 5 nitrogen and oxygen atoms in total. The molecule has 0 unspecified atom stereocenters. The van der Waals surface area contributed by atoms with Gasteiger partial charge in [0.25, 0.3) is 0 Å². The molecule has 1 aliphatic carbocycles. The molecule has 0 amide bonds. The molecule has 70 heavy (non-hydrogen) atoms. The third kappa shape index (κ3) is 7.14. The van der Waals surface area contributed by atoms with Crippen molar-refractivity contribution in [2.24, 2.45) is 0 Å². The van der Waals surface area contributed by atoms with Gasteiger partial charge in [0.15, 0.2) is 0 Å². The van der Waals surface area contributed by atoms with Gasteiger partial charge in [-0.15, -0.1) is 35.2 Å². The molecule has 0 saturated heterocycles. The van der Waals surface area contributed by atoms with E-state index in [9.17, 15) is 0 Å². The summed E-state index contributed by atoms with van der Waals surface area (Å²) in [5.74, 6) is 2.12. The van der Waals surface area contributed by atoms with E-state index in [0.717, 1.165) is 33.3 Å². The van der Waals surface area contributed by atoms with Gasteiger partial charge in [0.05, 0.1) is 0 Å². The van der Waals surface area contributed by atoms with Crippen LogP contribution in [-0.4, -0.2) is 16.6 Å². The molecule has 0 N–H and O–H groups in total. The second-order valence-corrected chi connectivity index (χ2v) is 25.2. The predicted octanol–water partition coefficient (Wildman–Crippen LogP) is 16.4. The van der Waals surface area contributed by atoms with Crippen LogP contribution in [0.5, 0.6) is 11.5 Å². The van der Waals surface area contributed by atoms with Crippen molar-refractivity contribution < 1.29 is 25.8 Å². The van der Waals surface area contributed by atoms with Crippen molar-refractivity contribution in [3.63, 3.8) is 0 Å². The maximum atomic E-state index is 7.00. The van der Waals surface area contributed by atoms with Crippen molar-refractivity contribution >= 4 is 38.9 Å². The van der Waals surface area contributed by atoms with Gasteiger partial charge >= 0.3 is 0 Å². The van der Waals surface area contributed by atoms with Crippen LogP contribution in [0.4, 0.5) is 17.1 Å². The Balaban J connectivity index is 0.00000567. The number of fused-ring (bicyclic) bond motifs is 12. The van der Waals surface area contributed by atoms with E-state index in [2.05, 4.69) is 241 Å². The molecule has 11 rings (SSSR count). The summed E-state index contributed by atoms with van der Waals surface area (Å²) in [4.78, 5) is 9.57. The molecule has 0 fully saturated rings. The normalized spacial score (nSPS) is 15.0. The summed E-state index contributed by atoms with van der Waals surface area (Å²) in [5, 5.41) is 2.25. The van der Waals surface area contributed by atoms with Crippen LogP contribution in [0.3, 0.4) is 0 Å². The van der Waals surface area contributed by atoms with Crippen LogP contribution in [0.25, 0.3) is 38.8 Å². The smallest absolute Gasteiger partial charge is 0.135 e. The molecule has 0 saturated carbocycles. The van der Waals surface area contributed by atoms with Gasteiger partial charge in [-0.25, -0.2) is 4.98 Å². The quantitative estimate of drug-likeness (QED) is 0.165. The van der Waals surface area contributed by atoms with Crippen molar-refractivity contribution in [2.45, 2.75) is 136 Å². The first-order chi connectivity index (χ1) is 32.3. The Hall–Kier alpha value is -5.64. The third-order valence-electron chi connectivity index (χ3n) is 15.2. The minimum atomic E-state index is -0.672. The fourth-order valence-corrected chi connectivity index (χ4v) is 11.5. The van der Waals surface area contributed by atoms with E-state index in [1.807, 2.05) is 12.3 Å². The van der Waals surface area contributed by atoms with E-state index in [4.69, 9.17) is 9.72 Å². The van der Waals surface area contributed by atoms with Crippen molar-refractivity contribution in [1.82, 2.24) is 9.55 Å². The van der Waals surface area contributed by atoms with Crippen LogP contribution in [0.2, 0.25) is 0 Å². The molecule has 2 aliphatic heterocycles. The molecule has 8 aromatic rings. The second kappa shape index (κ2) is 15.7. The third-order valence-corrected chi connectivity index (χ3v) is 15.2. The SMILES string of the molecule is CN1[CH-]N2c3[c-]c(Oc4[c-]c5c(cc4)c4ccccc4n5-c4cc(C(C)(C)C)ccn4)ccc3C3(c4cccc1c42)c1c(cc(C(C)(C)C)cc1C(C)(C)C)-c1cc(C(C)(C)C)cc(C(C)(C)C)c13.[Pt]. The minimum absolute atomic E-state index is 0. The number of aromatic nitrogens is 2. The van der Waals surface area contributed by atoms with Gasteiger partial charge in [-0.3, -0.25) is 0 Å². The number of nitrogens with zero attached hydrogens (tertiary/aromatic N) is 4. The summed E-state index contributed by atoms with van der Waals surface area (Å²) in [6.45, 7) is 37.5. The van der Waals surface area contributed by atoms with Crippen LogP contribution in [0, 0.1) is 18.8 Å². The summed E-state index contributed by atoms with van der Waals surface area (Å²) >= 11 is 0. The number of hydrogen-bond acceptors (Lipinski definition) is 4. The molecule has 4 heterocycles. The van der Waals surface area contributed by atoms with E-state index >= 15 is 0 Å². The standard InChI is InChI=1S/C64H67N4O.Pt/c1-59(2,3)38-28-29-65-55(34-38)68-51-22-18-17-20-43(51)44-26-24-41(35-53(44)68)69-42-25-27-47-54(36-42)67-37-66(16)52-23-19-21-48(58(52)67)64(47)56-45(30-39(60(4,5)6)32-49(56)62(10,11)12)46-31-40(61(7,8)9)33-50(57(46)64)63(13,14)15;/h17-34,37H,1-16H3;/q-3;. The summed E-state index contributed by atoms with van der Waals surface area (Å²) in [6.07, 6.45) is 1.92. The molecule has 1 spiro atoms. The van der Waals surface area contributed by atoms with Gasteiger partial charge in [0.1, 0.15) is 5.82 Å². The van der Waals surface area contributed by atoms with E-state index in [1.165, 1.54) is 72.6 Å². The van der Waals surface area contributed by atoms with Crippen LogP contribution >= 0.6 is 0 Å². The molecule has 362 valence electrons. The monoisotopic (exact) mass is 1100 g/mol. The summed E-state index contributed by atoms with van der Waals surface area (Å²) in [6, 6.07) is 46.4. The Labute approximate surface area is 431 Å². The molecule has 2 aromatic heterocycles. The van der Waals surface area contributed by atoms with Crippen molar-refractivity contribution in [3.8, 4) is 28.4 Å². The zero-order valence-corrected chi connectivity index (χ0v) is 46.3. The van der Waals surface area contributed by atoms with E-state index in [-0.39, 0.29) is 48.1 Å². The first kappa shape index (κ1) is 48.0. The van der Waals surface area contributed by atoms with Crippen LogP contribution in [0.1, 0.15) is 154 Å². The topological polar surface area (TPSA) is 33.5 Å². The molecule has 3 aliphatic rings. The van der Waals surface area contributed by atoms with Gasteiger partial charge in [-0.1, -0.05) is 170 Å². The maximum absolute atomic E-state index is 7.00. The number of anilines is 3. The Morgan fingerprint density at radius 2 is 1.14 bits per heavy atom. The zero-order valence-electron chi connectivity index (χ0n) is 44.0. The largest absolute Gasteiger partial charge is 0.509 e. The first-order valence-electron chi connectivity index (χ1n) is 24.8. The van der Waals surface area contributed by atoms with Crippen molar-refractivity contribution in [3.05, 3.63) is 178 Å². The maximum Gasteiger partial charge on any atom is 0.135 e. The number of rotatable bonds is 3. The Morgan fingerprint density at radius 1 is 0.557 bits per heavy atom. The zero-order chi connectivity index (χ0) is 49.1. The average Bonchev–Trinajstić information content (AvgIpc) is 3.89. The molecule has 0 bridgehead atoms. The Bertz CT molecular complexity index is 3370. The van der Waals surface area contributed by atoms with Gasteiger partial charge in [-0.05, 0) is 119 Å². The molecule has 0 radical (unpaired) electrons. The number of pyridine rings is 1. The summed E-state index contributed by atoms with van der Waals surface area (Å²) in [5.41, 5.74) is 18.8. The number of para-hydroxylation sites is 2. The fraction of sp³-hybridized carbons (Fsp3) is 0.344. The summed E-state index contributed by atoms with van der Waals surface area (Å²) < 4.78 is 9.22. The van der Waals surface area contributed by atoms with Gasteiger partial charge in [-0.2, -0.15) is 18.8 Å². The number of benzene rings is 6. The van der Waals surface area contributed by atoms with Crippen LogP contribution in [0.15, 0.2) is 109 Å². The van der Waals surface area contributed by atoms with Gasteiger partial charge in [0.2, 0.25) is 0 Å². The van der Waals surface area contributed by atoms with E-state index < -0.39 is 5.41 Å². The molecule has 6 heteroatoms. The second-order valence-electron chi connectivity index (χ2n) is 25.2. The number of ether oxygens (including phenoxy) is 1.